The average Bonchev–Trinajstić information content (AvgIpc) is 2.46. The van der Waals surface area contributed by atoms with Crippen molar-refractivity contribution in [2.75, 3.05) is 32.8 Å². The van der Waals surface area contributed by atoms with Gasteiger partial charge in [0, 0.05) is 13.1 Å². The Morgan fingerprint density at radius 1 is 1.20 bits per heavy atom. The van der Waals surface area contributed by atoms with Crippen LogP contribution < -0.4 is 9.47 Å². The van der Waals surface area contributed by atoms with Crippen molar-refractivity contribution in [1.82, 2.24) is 4.90 Å². The molecule has 0 amide bonds. The SMILES string of the molecule is CCOc1ccccc1OCCCN1CCCC(C)C1. The molecule has 1 fully saturated rings. The summed E-state index contributed by atoms with van der Waals surface area (Å²) in [6.07, 6.45) is 3.80. The van der Waals surface area contributed by atoms with Crippen molar-refractivity contribution in [1.29, 1.82) is 0 Å². The van der Waals surface area contributed by atoms with Crippen LogP contribution in [0.5, 0.6) is 11.5 Å². The number of rotatable bonds is 7. The standard InChI is InChI=1S/C17H27NO2/c1-3-19-16-9-4-5-10-17(16)20-13-7-12-18-11-6-8-15(2)14-18/h4-5,9-10,15H,3,6-8,11-14H2,1-2H3. The zero-order valence-electron chi connectivity index (χ0n) is 12.8. The Balaban J connectivity index is 1.70. The number of likely N-dealkylation sites (tertiary alicyclic amines) is 1. The van der Waals surface area contributed by atoms with Crippen LogP contribution in [0.15, 0.2) is 24.3 Å². The summed E-state index contributed by atoms with van der Waals surface area (Å²) >= 11 is 0. The normalized spacial score (nSPS) is 19.8. The quantitative estimate of drug-likeness (QED) is 0.711. The molecule has 1 aromatic carbocycles. The Morgan fingerprint density at radius 2 is 1.95 bits per heavy atom. The summed E-state index contributed by atoms with van der Waals surface area (Å²) in [4.78, 5) is 2.56. The van der Waals surface area contributed by atoms with Gasteiger partial charge in [-0.2, -0.15) is 0 Å². The van der Waals surface area contributed by atoms with E-state index < -0.39 is 0 Å². The first kappa shape index (κ1) is 15.2. The zero-order chi connectivity index (χ0) is 14.2. The van der Waals surface area contributed by atoms with E-state index in [0.29, 0.717) is 6.61 Å². The van der Waals surface area contributed by atoms with E-state index in [0.717, 1.165) is 37.0 Å². The lowest BCUT2D eigenvalue weighted by atomic mass is 10.0. The zero-order valence-corrected chi connectivity index (χ0v) is 12.8. The predicted molar refractivity (Wildman–Crippen MR) is 82.6 cm³/mol. The highest BCUT2D eigenvalue weighted by atomic mass is 16.5. The van der Waals surface area contributed by atoms with E-state index in [4.69, 9.17) is 9.47 Å². The van der Waals surface area contributed by atoms with E-state index in [9.17, 15) is 0 Å². The summed E-state index contributed by atoms with van der Waals surface area (Å²) in [5.74, 6) is 2.56. The fourth-order valence-corrected chi connectivity index (χ4v) is 2.80. The second-order valence-electron chi connectivity index (χ2n) is 5.63. The smallest absolute Gasteiger partial charge is 0.161 e. The molecule has 1 aromatic rings. The molecule has 1 heterocycles. The third-order valence-corrected chi connectivity index (χ3v) is 3.77. The summed E-state index contributed by atoms with van der Waals surface area (Å²) in [5.41, 5.74) is 0. The Kier molecular flexibility index (Phi) is 6.19. The second-order valence-corrected chi connectivity index (χ2v) is 5.63. The number of nitrogens with zero attached hydrogens (tertiary/aromatic N) is 1. The molecule has 0 N–H and O–H groups in total. The molecule has 0 bridgehead atoms. The van der Waals surface area contributed by atoms with Gasteiger partial charge in [-0.3, -0.25) is 0 Å². The van der Waals surface area contributed by atoms with Gasteiger partial charge in [0.1, 0.15) is 0 Å². The van der Waals surface area contributed by atoms with Crippen LogP contribution in [0.2, 0.25) is 0 Å². The van der Waals surface area contributed by atoms with Gasteiger partial charge in [0.25, 0.3) is 0 Å². The number of hydrogen-bond acceptors (Lipinski definition) is 3. The first-order valence-corrected chi connectivity index (χ1v) is 7.86. The molecule has 0 spiro atoms. The van der Waals surface area contributed by atoms with Crippen LogP contribution >= 0.6 is 0 Å². The fraction of sp³-hybridized carbons (Fsp3) is 0.647. The van der Waals surface area contributed by atoms with Gasteiger partial charge in [-0.25, -0.2) is 0 Å². The van der Waals surface area contributed by atoms with Crippen molar-refractivity contribution in [3.63, 3.8) is 0 Å². The molecule has 1 aliphatic rings. The van der Waals surface area contributed by atoms with Crippen molar-refractivity contribution in [2.24, 2.45) is 5.92 Å². The largest absolute Gasteiger partial charge is 0.490 e. The Labute approximate surface area is 122 Å². The van der Waals surface area contributed by atoms with E-state index in [1.54, 1.807) is 0 Å². The molecule has 1 aliphatic heterocycles. The lowest BCUT2D eigenvalue weighted by Crippen LogP contribution is -2.35. The summed E-state index contributed by atoms with van der Waals surface area (Å²) in [6, 6.07) is 7.91. The number of ether oxygens (including phenoxy) is 2. The number of para-hydroxylation sites is 2. The van der Waals surface area contributed by atoms with Crippen molar-refractivity contribution in [2.45, 2.75) is 33.1 Å². The first-order chi connectivity index (χ1) is 9.79. The molecule has 0 aromatic heterocycles. The molecule has 0 radical (unpaired) electrons. The van der Waals surface area contributed by atoms with Crippen LogP contribution in [0, 0.1) is 5.92 Å². The first-order valence-electron chi connectivity index (χ1n) is 7.86. The third kappa shape index (κ3) is 4.71. The van der Waals surface area contributed by atoms with E-state index in [1.165, 1.54) is 25.9 Å². The number of benzene rings is 1. The highest BCUT2D eigenvalue weighted by Crippen LogP contribution is 2.26. The van der Waals surface area contributed by atoms with Gasteiger partial charge in [0.2, 0.25) is 0 Å². The van der Waals surface area contributed by atoms with Gasteiger partial charge in [0.15, 0.2) is 11.5 Å². The molecule has 0 aliphatic carbocycles. The molecule has 20 heavy (non-hydrogen) atoms. The molecule has 2 rings (SSSR count). The minimum atomic E-state index is 0.673. The topological polar surface area (TPSA) is 21.7 Å². The molecule has 3 nitrogen and oxygen atoms in total. The molecule has 1 saturated heterocycles. The van der Waals surface area contributed by atoms with Crippen LogP contribution in [-0.4, -0.2) is 37.7 Å². The predicted octanol–water partition coefficient (Wildman–Crippen LogP) is 3.59. The fourth-order valence-electron chi connectivity index (χ4n) is 2.80. The maximum atomic E-state index is 5.86. The highest BCUT2D eigenvalue weighted by molar-refractivity contribution is 5.39. The Hall–Kier alpha value is -1.22. The summed E-state index contributed by atoms with van der Waals surface area (Å²) in [7, 11) is 0. The molecular formula is C17H27NO2. The maximum absolute atomic E-state index is 5.86. The van der Waals surface area contributed by atoms with Crippen LogP contribution in [-0.2, 0) is 0 Å². The summed E-state index contributed by atoms with van der Waals surface area (Å²) in [6.45, 7) is 9.41. The van der Waals surface area contributed by atoms with Crippen LogP contribution in [0.1, 0.15) is 33.1 Å². The monoisotopic (exact) mass is 277 g/mol. The Bertz CT molecular complexity index is 394. The number of hydrogen-bond donors (Lipinski definition) is 0. The van der Waals surface area contributed by atoms with Crippen molar-refractivity contribution < 1.29 is 9.47 Å². The molecule has 3 heteroatoms. The third-order valence-electron chi connectivity index (χ3n) is 3.77. The van der Waals surface area contributed by atoms with Gasteiger partial charge in [-0.1, -0.05) is 19.1 Å². The van der Waals surface area contributed by atoms with E-state index in [1.807, 2.05) is 31.2 Å². The van der Waals surface area contributed by atoms with Crippen molar-refractivity contribution in [3.05, 3.63) is 24.3 Å². The van der Waals surface area contributed by atoms with Crippen LogP contribution in [0.25, 0.3) is 0 Å². The second kappa shape index (κ2) is 8.15. The molecule has 0 saturated carbocycles. The van der Waals surface area contributed by atoms with Gasteiger partial charge in [-0.15, -0.1) is 0 Å². The van der Waals surface area contributed by atoms with Crippen LogP contribution in [0.3, 0.4) is 0 Å². The van der Waals surface area contributed by atoms with Crippen LogP contribution in [0.4, 0.5) is 0 Å². The molecule has 1 atom stereocenters. The average molecular weight is 277 g/mol. The molecule has 112 valence electrons. The van der Waals surface area contributed by atoms with Crippen molar-refractivity contribution >= 4 is 0 Å². The lowest BCUT2D eigenvalue weighted by Gasteiger charge is -2.30. The van der Waals surface area contributed by atoms with Gasteiger partial charge in [-0.05, 0) is 50.8 Å². The van der Waals surface area contributed by atoms with E-state index in [2.05, 4.69) is 11.8 Å². The summed E-state index contributed by atoms with van der Waals surface area (Å²) in [5, 5.41) is 0. The maximum Gasteiger partial charge on any atom is 0.161 e. The lowest BCUT2D eigenvalue weighted by molar-refractivity contribution is 0.169. The minimum Gasteiger partial charge on any atom is -0.490 e. The molecular weight excluding hydrogens is 250 g/mol. The summed E-state index contributed by atoms with van der Waals surface area (Å²) < 4.78 is 11.4. The van der Waals surface area contributed by atoms with Gasteiger partial charge < -0.3 is 14.4 Å². The van der Waals surface area contributed by atoms with Gasteiger partial charge in [0.05, 0.1) is 13.2 Å². The van der Waals surface area contributed by atoms with Gasteiger partial charge >= 0.3 is 0 Å². The van der Waals surface area contributed by atoms with E-state index >= 15 is 0 Å². The Morgan fingerprint density at radius 3 is 2.65 bits per heavy atom. The highest BCUT2D eigenvalue weighted by Gasteiger charge is 2.15. The van der Waals surface area contributed by atoms with Crippen molar-refractivity contribution in [3.8, 4) is 11.5 Å². The molecule has 1 unspecified atom stereocenters. The minimum absolute atomic E-state index is 0.673. The number of piperidine rings is 1. The van der Waals surface area contributed by atoms with E-state index in [-0.39, 0.29) is 0 Å².